The van der Waals surface area contributed by atoms with Crippen LogP contribution in [0, 0.1) is 0 Å². The summed E-state index contributed by atoms with van der Waals surface area (Å²) in [5.41, 5.74) is 6.02. The molecule has 5 rings (SSSR count). The van der Waals surface area contributed by atoms with Gasteiger partial charge in [-0.3, -0.25) is 10.00 Å². The van der Waals surface area contributed by atoms with Crippen molar-refractivity contribution < 1.29 is 8.42 Å². The maximum atomic E-state index is 11.6. The third-order valence-corrected chi connectivity index (χ3v) is 6.73. The smallest absolute Gasteiger partial charge is 0.250 e. The van der Waals surface area contributed by atoms with Crippen LogP contribution in [0.1, 0.15) is 16.8 Å². The van der Waals surface area contributed by atoms with Crippen LogP contribution in [-0.2, 0) is 16.6 Å². The minimum absolute atomic E-state index is 0.688. The van der Waals surface area contributed by atoms with Crippen molar-refractivity contribution >= 4 is 33.1 Å². The van der Waals surface area contributed by atoms with Crippen molar-refractivity contribution in [3.05, 3.63) is 71.7 Å². The fraction of sp³-hybridized carbons (Fsp3) is 0.250. The van der Waals surface area contributed by atoms with Crippen LogP contribution in [0.25, 0.3) is 34.2 Å². The van der Waals surface area contributed by atoms with Crippen molar-refractivity contribution in [2.24, 2.45) is 0 Å². The standard InChI is InChI=1S/C24H26N6O2S/c1-33(31,32)30-17-19(15-26-30)4-8-23-22-14-21(7-9-24(22)28-27-23)20-5-2-18(3-6-20)16-29-12-10-25-11-13-29/h2-9,14-15,17,25H,10-13,16H2,1H3,(H,27,28)/b8-4+. The normalized spacial score (nSPS) is 15.5. The lowest BCUT2D eigenvalue weighted by molar-refractivity contribution is 0.233. The fourth-order valence-corrected chi connectivity index (χ4v) is 4.56. The summed E-state index contributed by atoms with van der Waals surface area (Å²) in [4.78, 5) is 2.47. The monoisotopic (exact) mass is 462 g/mol. The van der Waals surface area contributed by atoms with Crippen molar-refractivity contribution in [2.75, 3.05) is 32.4 Å². The summed E-state index contributed by atoms with van der Waals surface area (Å²) in [6.07, 6.45) is 7.78. The number of hydrogen-bond acceptors (Lipinski definition) is 6. The second-order valence-electron chi connectivity index (χ2n) is 8.33. The maximum Gasteiger partial charge on any atom is 0.250 e. The Morgan fingerprint density at radius 3 is 2.52 bits per heavy atom. The Bertz CT molecular complexity index is 1400. The lowest BCUT2D eigenvalue weighted by Gasteiger charge is -2.27. The molecule has 1 fully saturated rings. The van der Waals surface area contributed by atoms with Gasteiger partial charge in [-0.2, -0.15) is 14.3 Å². The maximum absolute atomic E-state index is 11.6. The van der Waals surface area contributed by atoms with Crippen molar-refractivity contribution in [3.8, 4) is 11.1 Å². The largest absolute Gasteiger partial charge is 0.314 e. The molecule has 2 aromatic heterocycles. The van der Waals surface area contributed by atoms with Crippen molar-refractivity contribution in [3.63, 3.8) is 0 Å². The number of fused-ring (bicyclic) bond motifs is 1. The van der Waals surface area contributed by atoms with E-state index in [0.717, 1.165) is 70.8 Å². The topological polar surface area (TPSA) is 95.9 Å². The predicted octanol–water partition coefficient (Wildman–Crippen LogP) is 2.81. The average Bonchev–Trinajstić information content (AvgIpc) is 3.46. The zero-order valence-electron chi connectivity index (χ0n) is 18.4. The minimum atomic E-state index is -3.39. The highest BCUT2D eigenvalue weighted by atomic mass is 32.2. The fourth-order valence-electron chi connectivity index (χ4n) is 4.03. The van der Waals surface area contributed by atoms with Gasteiger partial charge in [0.15, 0.2) is 0 Å². The molecule has 0 radical (unpaired) electrons. The summed E-state index contributed by atoms with van der Waals surface area (Å²) >= 11 is 0. The van der Waals surface area contributed by atoms with E-state index in [-0.39, 0.29) is 0 Å². The van der Waals surface area contributed by atoms with Gasteiger partial charge < -0.3 is 5.32 Å². The summed E-state index contributed by atoms with van der Waals surface area (Å²) < 4.78 is 24.2. The second kappa shape index (κ2) is 8.93. The Morgan fingerprint density at radius 1 is 1.03 bits per heavy atom. The molecule has 0 unspecified atom stereocenters. The van der Waals surface area contributed by atoms with Gasteiger partial charge >= 0.3 is 0 Å². The molecule has 0 aliphatic carbocycles. The minimum Gasteiger partial charge on any atom is -0.314 e. The highest BCUT2D eigenvalue weighted by Gasteiger charge is 2.11. The highest BCUT2D eigenvalue weighted by Crippen LogP contribution is 2.27. The van der Waals surface area contributed by atoms with Crippen molar-refractivity contribution in [1.82, 2.24) is 29.6 Å². The number of rotatable bonds is 6. The molecule has 170 valence electrons. The molecule has 2 aromatic carbocycles. The zero-order chi connectivity index (χ0) is 22.8. The Morgan fingerprint density at radius 2 is 1.79 bits per heavy atom. The van der Waals surface area contributed by atoms with Crippen LogP contribution >= 0.6 is 0 Å². The molecule has 9 heteroatoms. The van der Waals surface area contributed by atoms with Crippen molar-refractivity contribution in [1.29, 1.82) is 0 Å². The lowest BCUT2D eigenvalue weighted by Crippen LogP contribution is -2.42. The quantitative estimate of drug-likeness (QED) is 0.458. The lowest BCUT2D eigenvalue weighted by atomic mass is 10.0. The van der Waals surface area contributed by atoms with Gasteiger partial charge in [0, 0.05) is 49.9 Å². The number of aromatic nitrogens is 4. The van der Waals surface area contributed by atoms with E-state index < -0.39 is 10.0 Å². The molecule has 1 saturated heterocycles. The predicted molar refractivity (Wildman–Crippen MR) is 131 cm³/mol. The first-order valence-corrected chi connectivity index (χ1v) is 12.7. The number of benzene rings is 2. The summed E-state index contributed by atoms with van der Waals surface area (Å²) in [5, 5.41) is 15.8. The van der Waals surface area contributed by atoms with Gasteiger partial charge in [0.25, 0.3) is 10.0 Å². The molecule has 0 saturated carbocycles. The molecular formula is C24H26N6O2S. The molecular weight excluding hydrogens is 436 g/mol. The van der Waals surface area contributed by atoms with Crippen molar-refractivity contribution in [2.45, 2.75) is 6.54 Å². The van der Waals surface area contributed by atoms with Gasteiger partial charge in [-0.1, -0.05) is 30.3 Å². The zero-order valence-corrected chi connectivity index (χ0v) is 19.2. The molecule has 4 aromatic rings. The van der Waals surface area contributed by atoms with Gasteiger partial charge in [-0.05, 0) is 41.0 Å². The first-order chi connectivity index (χ1) is 16.0. The van der Waals surface area contributed by atoms with Gasteiger partial charge in [-0.25, -0.2) is 8.42 Å². The Kier molecular flexibility index (Phi) is 5.84. The number of nitrogens with one attached hydrogen (secondary N) is 2. The third kappa shape index (κ3) is 4.90. The first-order valence-electron chi connectivity index (χ1n) is 10.9. The Hall–Kier alpha value is -3.27. The van der Waals surface area contributed by atoms with Crippen LogP contribution in [-0.4, -0.2) is 65.1 Å². The number of hydrogen-bond donors (Lipinski definition) is 2. The molecule has 33 heavy (non-hydrogen) atoms. The van der Waals surface area contributed by atoms with E-state index in [1.54, 1.807) is 0 Å². The van der Waals surface area contributed by atoms with E-state index in [4.69, 9.17) is 0 Å². The van der Waals surface area contributed by atoms with Crippen LogP contribution in [0.2, 0.25) is 0 Å². The van der Waals surface area contributed by atoms with E-state index >= 15 is 0 Å². The average molecular weight is 463 g/mol. The number of H-pyrrole nitrogens is 1. The molecule has 8 nitrogen and oxygen atoms in total. The van der Waals surface area contributed by atoms with E-state index in [9.17, 15) is 8.42 Å². The van der Waals surface area contributed by atoms with Gasteiger partial charge in [0.2, 0.25) is 0 Å². The van der Waals surface area contributed by atoms with Crippen LogP contribution in [0.15, 0.2) is 54.9 Å². The number of piperazine rings is 1. The molecule has 2 N–H and O–H groups in total. The van der Waals surface area contributed by atoms with E-state index in [2.05, 4.69) is 61.9 Å². The van der Waals surface area contributed by atoms with Gasteiger partial charge in [0.1, 0.15) is 0 Å². The summed E-state index contributed by atoms with van der Waals surface area (Å²) in [5.74, 6) is 0. The van der Waals surface area contributed by atoms with Crippen LogP contribution in [0.4, 0.5) is 0 Å². The summed E-state index contributed by atoms with van der Waals surface area (Å²) in [6.45, 7) is 5.27. The third-order valence-electron chi connectivity index (χ3n) is 5.85. The number of aromatic amines is 1. The van der Waals surface area contributed by atoms with Crippen LogP contribution in [0.5, 0.6) is 0 Å². The Labute approximate surface area is 193 Å². The highest BCUT2D eigenvalue weighted by molar-refractivity contribution is 7.89. The molecule has 1 aliphatic heterocycles. The molecule has 1 aliphatic rings. The first kappa shape index (κ1) is 21.6. The van der Waals surface area contributed by atoms with Crippen LogP contribution in [0.3, 0.4) is 0 Å². The van der Waals surface area contributed by atoms with Gasteiger partial charge in [0.05, 0.1) is 23.7 Å². The van der Waals surface area contributed by atoms with E-state index in [0.29, 0.717) is 5.56 Å². The Balaban J connectivity index is 1.36. The second-order valence-corrected chi connectivity index (χ2v) is 10.2. The molecule has 0 atom stereocenters. The summed E-state index contributed by atoms with van der Waals surface area (Å²) in [6, 6.07) is 15.0. The molecule has 0 bridgehead atoms. The number of nitrogens with zero attached hydrogens (tertiary/aromatic N) is 4. The molecule has 0 spiro atoms. The van der Waals surface area contributed by atoms with Crippen LogP contribution < -0.4 is 5.32 Å². The van der Waals surface area contributed by atoms with E-state index in [1.807, 2.05) is 18.2 Å². The summed E-state index contributed by atoms with van der Waals surface area (Å²) in [7, 11) is -3.39. The molecule has 3 heterocycles. The SMILES string of the molecule is CS(=O)(=O)n1cc(/C=C/c2n[nH]c3ccc(-c4ccc(CN5CCNCC5)cc4)cc23)cn1. The van der Waals surface area contributed by atoms with Gasteiger partial charge in [-0.15, -0.1) is 0 Å². The molecule has 0 amide bonds. The van der Waals surface area contributed by atoms with E-state index in [1.165, 1.54) is 18.0 Å².